The number of carbonyl (C=O) groups excluding carboxylic acids is 1. The summed E-state index contributed by atoms with van der Waals surface area (Å²) >= 11 is 0. The first kappa shape index (κ1) is 14.9. The molecule has 0 bridgehead atoms. The molecule has 1 amide bonds. The van der Waals surface area contributed by atoms with Crippen LogP contribution in [0.3, 0.4) is 0 Å². The van der Waals surface area contributed by atoms with Gasteiger partial charge in [0.05, 0.1) is 6.61 Å². The summed E-state index contributed by atoms with van der Waals surface area (Å²) in [6.07, 6.45) is 5.77. The molecule has 2 rings (SSSR count). The summed E-state index contributed by atoms with van der Waals surface area (Å²) in [5, 5.41) is 11.5. The Labute approximate surface area is 117 Å². The van der Waals surface area contributed by atoms with E-state index >= 15 is 0 Å². The molecule has 1 aromatic carbocycles. The maximum atomic E-state index is 13.5. The third-order valence-electron chi connectivity index (χ3n) is 3.84. The van der Waals surface area contributed by atoms with Gasteiger partial charge in [-0.1, -0.05) is 19.3 Å². The fourth-order valence-corrected chi connectivity index (χ4v) is 2.62. The standard InChI is InChI=1S/C15H19F2NO2/c16-13-6-11(7-14(17)12(13)9-19)15(20)18-8-10-4-2-1-3-5-10/h6-7,10,19H,1-5,8-9H2,(H,18,20). The van der Waals surface area contributed by atoms with E-state index in [1.807, 2.05) is 0 Å². The van der Waals surface area contributed by atoms with Crippen LogP contribution in [0, 0.1) is 17.6 Å². The van der Waals surface area contributed by atoms with Gasteiger partial charge in [-0.25, -0.2) is 8.78 Å². The summed E-state index contributed by atoms with van der Waals surface area (Å²) in [5.41, 5.74) is -0.457. The summed E-state index contributed by atoms with van der Waals surface area (Å²) in [6, 6.07) is 1.93. The molecule has 5 heteroatoms. The second kappa shape index (κ2) is 6.79. The van der Waals surface area contributed by atoms with Gasteiger partial charge >= 0.3 is 0 Å². The lowest BCUT2D eigenvalue weighted by Gasteiger charge is -2.21. The lowest BCUT2D eigenvalue weighted by atomic mass is 9.89. The van der Waals surface area contributed by atoms with Crippen LogP contribution in [0.4, 0.5) is 8.78 Å². The molecule has 1 aliphatic carbocycles. The van der Waals surface area contributed by atoms with Gasteiger partial charge < -0.3 is 10.4 Å². The first-order chi connectivity index (χ1) is 9.61. The van der Waals surface area contributed by atoms with Crippen LogP contribution < -0.4 is 5.32 Å². The molecule has 0 spiro atoms. The minimum Gasteiger partial charge on any atom is -0.391 e. The molecule has 2 N–H and O–H groups in total. The van der Waals surface area contributed by atoms with Crippen LogP contribution in [0.1, 0.15) is 48.0 Å². The third-order valence-corrected chi connectivity index (χ3v) is 3.84. The predicted molar refractivity (Wildman–Crippen MR) is 71.2 cm³/mol. The number of hydrogen-bond donors (Lipinski definition) is 2. The van der Waals surface area contributed by atoms with Crippen molar-refractivity contribution in [3.05, 3.63) is 34.9 Å². The molecule has 1 aromatic rings. The molecule has 3 nitrogen and oxygen atoms in total. The number of hydrogen-bond acceptors (Lipinski definition) is 2. The van der Waals surface area contributed by atoms with Crippen LogP contribution >= 0.6 is 0 Å². The van der Waals surface area contributed by atoms with E-state index in [9.17, 15) is 13.6 Å². The zero-order chi connectivity index (χ0) is 14.5. The van der Waals surface area contributed by atoms with Crippen LogP contribution in [0.2, 0.25) is 0 Å². The summed E-state index contributed by atoms with van der Waals surface area (Å²) in [6.45, 7) is -0.175. The van der Waals surface area contributed by atoms with Crippen molar-refractivity contribution in [2.45, 2.75) is 38.7 Å². The van der Waals surface area contributed by atoms with Crippen molar-refractivity contribution in [3.63, 3.8) is 0 Å². The number of nitrogens with one attached hydrogen (secondary N) is 1. The summed E-state index contributed by atoms with van der Waals surface area (Å²) in [4.78, 5) is 11.9. The van der Waals surface area contributed by atoms with Gasteiger partial charge in [-0.15, -0.1) is 0 Å². The third kappa shape index (κ3) is 3.54. The first-order valence-electron chi connectivity index (χ1n) is 6.98. The number of aliphatic hydroxyl groups is 1. The largest absolute Gasteiger partial charge is 0.391 e. The zero-order valence-electron chi connectivity index (χ0n) is 11.3. The van der Waals surface area contributed by atoms with Crippen molar-refractivity contribution in [1.29, 1.82) is 0 Å². The van der Waals surface area contributed by atoms with Crippen molar-refractivity contribution >= 4 is 5.91 Å². The Balaban J connectivity index is 1.98. The van der Waals surface area contributed by atoms with E-state index in [1.54, 1.807) is 0 Å². The number of rotatable bonds is 4. The SMILES string of the molecule is O=C(NCC1CCCCC1)c1cc(F)c(CO)c(F)c1. The van der Waals surface area contributed by atoms with E-state index in [-0.39, 0.29) is 5.56 Å². The highest BCUT2D eigenvalue weighted by atomic mass is 19.1. The highest BCUT2D eigenvalue weighted by molar-refractivity contribution is 5.94. The summed E-state index contributed by atoms with van der Waals surface area (Å²) in [5.74, 6) is -1.80. The first-order valence-corrected chi connectivity index (χ1v) is 6.98. The molecule has 0 aromatic heterocycles. The van der Waals surface area contributed by atoms with E-state index in [0.29, 0.717) is 12.5 Å². The van der Waals surface area contributed by atoms with Gasteiger partial charge in [-0.2, -0.15) is 0 Å². The topological polar surface area (TPSA) is 49.3 Å². The second-order valence-electron chi connectivity index (χ2n) is 5.29. The van der Waals surface area contributed by atoms with Crippen molar-refractivity contribution in [2.24, 2.45) is 5.92 Å². The quantitative estimate of drug-likeness (QED) is 0.892. The van der Waals surface area contributed by atoms with Gasteiger partial charge in [-0.05, 0) is 30.9 Å². The molecule has 20 heavy (non-hydrogen) atoms. The Morgan fingerprint density at radius 3 is 2.35 bits per heavy atom. The molecule has 1 saturated carbocycles. The van der Waals surface area contributed by atoms with Gasteiger partial charge in [0, 0.05) is 17.7 Å². The minimum atomic E-state index is -0.893. The van der Waals surface area contributed by atoms with Crippen molar-refractivity contribution < 1.29 is 18.7 Å². The van der Waals surface area contributed by atoms with Gasteiger partial charge in [0.1, 0.15) is 11.6 Å². The van der Waals surface area contributed by atoms with E-state index in [0.717, 1.165) is 25.0 Å². The average Bonchev–Trinajstić information content (AvgIpc) is 2.45. The molecule has 0 unspecified atom stereocenters. The molecule has 0 atom stereocenters. The average molecular weight is 283 g/mol. The van der Waals surface area contributed by atoms with Crippen LogP contribution in [-0.2, 0) is 6.61 Å². The molecule has 0 aliphatic heterocycles. The second-order valence-corrected chi connectivity index (χ2v) is 5.29. The minimum absolute atomic E-state index is 0.0481. The van der Waals surface area contributed by atoms with Gasteiger partial charge in [0.25, 0.3) is 5.91 Å². The molecule has 1 fully saturated rings. The van der Waals surface area contributed by atoms with E-state index in [2.05, 4.69) is 5.32 Å². The van der Waals surface area contributed by atoms with Crippen LogP contribution in [-0.4, -0.2) is 17.6 Å². The normalized spacial score (nSPS) is 16.1. The number of amides is 1. The lowest BCUT2D eigenvalue weighted by molar-refractivity contribution is 0.0942. The highest BCUT2D eigenvalue weighted by Gasteiger charge is 2.17. The highest BCUT2D eigenvalue weighted by Crippen LogP contribution is 2.23. The van der Waals surface area contributed by atoms with E-state index in [4.69, 9.17) is 5.11 Å². The Morgan fingerprint density at radius 2 is 1.80 bits per heavy atom. The van der Waals surface area contributed by atoms with Gasteiger partial charge in [0.2, 0.25) is 0 Å². The van der Waals surface area contributed by atoms with Crippen molar-refractivity contribution in [3.8, 4) is 0 Å². The molecule has 110 valence electrons. The van der Waals surface area contributed by atoms with Crippen molar-refractivity contribution in [2.75, 3.05) is 6.54 Å². The number of benzene rings is 1. The molecular weight excluding hydrogens is 264 g/mol. The Hall–Kier alpha value is -1.49. The molecule has 0 radical (unpaired) electrons. The van der Waals surface area contributed by atoms with Crippen LogP contribution in [0.25, 0.3) is 0 Å². The fraction of sp³-hybridized carbons (Fsp3) is 0.533. The van der Waals surface area contributed by atoms with Gasteiger partial charge in [0.15, 0.2) is 0 Å². The van der Waals surface area contributed by atoms with E-state index < -0.39 is 29.7 Å². The van der Waals surface area contributed by atoms with Gasteiger partial charge in [-0.3, -0.25) is 4.79 Å². The Morgan fingerprint density at radius 1 is 1.20 bits per heavy atom. The predicted octanol–water partition coefficient (Wildman–Crippen LogP) is 2.77. The monoisotopic (exact) mass is 283 g/mol. The van der Waals surface area contributed by atoms with Crippen LogP contribution in [0.15, 0.2) is 12.1 Å². The number of carbonyl (C=O) groups is 1. The molecular formula is C15H19F2NO2. The van der Waals surface area contributed by atoms with Crippen molar-refractivity contribution in [1.82, 2.24) is 5.32 Å². The Bertz CT molecular complexity index is 462. The lowest BCUT2D eigenvalue weighted by Crippen LogP contribution is -2.30. The smallest absolute Gasteiger partial charge is 0.251 e. The summed E-state index contributed by atoms with van der Waals surface area (Å²) < 4.78 is 27.0. The summed E-state index contributed by atoms with van der Waals surface area (Å²) in [7, 11) is 0. The van der Waals surface area contributed by atoms with Crippen LogP contribution in [0.5, 0.6) is 0 Å². The molecule has 1 aliphatic rings. The molecule has 0 saturated heterocycles. The number of halogens is 2. The van der Waals surface area contributed by atoms with E-state index in [1.165, 1.54) is 19.3 Å². The maximum Gasteiger partial charge on any atom is 0.251 e. The molecule has 0 heterocycles. The number of aliphatic hydroxyl groups excluding tert-OH is 1. The zero-order valence-corrected chi connectivity index (χ0v) is 11.3. The fourth-order valence-electron chi connectivity index (χ4n) is 2.62. The maximum absolute atomic E-state index is 13.5. The Kier molecular flexibility index (Phi) is 5.06.